The van der Waals surface area contributed by atoms with Gasteiger partial charge in [0.1, 0.15) is 12.1 Å². The molecule has 0 aliphatic rings. The molecule has 14 heteroatoms. The van der Waals surface area contributed by atoms with Gasteiger partial charge in [0.15, 0.2) is 0 Å². The van der Waals surface area contributed by atoms with Crippen LogP contribution in [0, 0.1) is 10.8 Å². The van der Waals surface area contributed by atoms with Crippen LogP contribution in [0.1, 0.15) is 52.7 Å². The highest BCUT2D eigenvalue weighted by atomic mass is 35.5. The minimum absolute atomic E-state index is 0. The maximum Gasteiger partial charge on any atom is 0.407 e. The first-order valence-electron chi connectivity index (χ1n) is 16.8. The lowest BCUT2D eigenvalue weighted by Gasteiger charge is -2.35. The zero-order valence-corrected chi connectivity index (χ0v) is 32.0. The van der Waals surface area contributed by atoms with Gasteiger partial charge in [-0.1, -0.05) is 102 Å². The number of rotatable bonds is 14. The van der Waals surface area contributed by atoms with E-state index in [9.17, 15) is 24.3 Å². The van der Waals surface area contributed by atoms with E-state index in [0.717, 1.165) is 22.4 Å². The monoisotopic (exact) mass is 740 g/mol. The molecule has 2 aromatic carbocycles. The molecule has 4 atom stereocenters. The molecule has 1 heterocycles. The number of amides is 4. The number of hydrogen-bond donors (Lipinski definition) is 5. The van der Waals surface area contributed by atoms with Crippen molar-refractivity contribution in [3.63, 3.8) is 0 Å². The van der Waals surface area contributed by atoms with E-state index in [4.69, 9.17) is 9.47 Å². The average Bonchev–Trinajstić information content (AvgIpc) is 3.08. The number of carbonyl (C=O) groups excluding carboxylic acids is 4. The quantitative estimate of drug-likeness (QED) is 0.148. The first-order chi connectivity index (χ1) is 24.0. The van der Waals surface area contributed by atoms with E-state index in [2.05, 4.69) is 26.4 Å². The molecule has 13 nitrogen and oxygen atoms in total. The molecule has 0 fully saturated rings. The van der Waals surface area contributed by atoms with Crippen molar-refractivity contribution in [3.05, 3.63) is 90.1 Å². The number of methoxy groups -OCH3 is 2. The van der Waals surface area contributed by atoms with Gasteiger partial charge in [0.25, 0.3) is 5.91 Å². The molecule has 0 spiro atoms. The van der Waals surface area contributed by atoms with Gasteiger partial charge in [0.05, 0.1) is 32.1 Å². The molecule has 0 aliphatic carbocycles. The number of pyridine rings is 1. The molecular weight excluding hydrogens is 688 g/mol. The van der Waals surface area contributed by atoms with Gasteiger partial charge in [0.2, 0.25) is 5.91 Å². The zero-order valence-electron chi connectivity index (χ0n) is 31.1. The van der Waals surface area contributed by atoms with Crippen LogP contribution in [-0.4, -0.2) is 84.1 Å². The fraction of sp³-hybridized carbons (Fsp3) is 0.447. The Balaban J connectivity index is 0.00000936. The Morgan fingerprint density at radius 1 is 0.731 bits per heavy atom. The normalized spacial score (nSPS) is 13.7. The number of benzene rings is 2. The summed E-state index contributed by atoms with van der Waals surface area (Å²) in [5.74, 6) is -1.03. The number of carbonyl (C=O) groups is 4. The Labute approximate surface area is 312 Å². The molecule has 0 saturated carbocycles. The lowest BCUT2D eigenvalue weighted by molar-refractivity contribution is -0.132. The average molecular weight is 741 g/mol. The SMILES string of the molecule is COC(=O)N[C@H](C(=O)N[C@@H](Cc1ccccc1)[C@@H](O)CN(Cc1ccc(-c2ccccn2)cc1)NC(=O)[C@@H](NC(=O)OC)C(C)(C)C)C(C)(C)C.Cl. The fourth-order valence-electron chi connectivity index (χ4n) is 5.38. The highest BCUT2D eigenvalue weighted by molar-refractivity contribution is 5.87. The van der Waals surface area contributed by atoms with Crippen LogP contribution in [0.4, 0.5) is 9.59 Å². The molecular formula is C38H53ClN6O7. The first-order valence-corrected chi connectivity index (χ1v) is 16.8. The third kappa shape index (κ3) is 13.4. The number of nitrogens with one attached hydrogen (secondary N) is 4. The van der Waals surface area contributed by atoms with Gasteiger partial charge < -0.3 is 30.5 Å². The first kappa shape index (κ1) is 43.4. The summed E-state index contributed by atoms with van der Waals surface area (Å²) in [6.07, 6.45) is -0.778. The molecule has 4 amide bonds. The Kier molecular flexibility index (Phi) is 16.5. The topological polar surface area (TPSA) is 171 Å². The van der Waals surface area contributed by atoms with Gasteiger partial charge in [-0.2, -0.15) is 0 Å². The van der Waals surface area contributed by atoms with E-state index < -0.39 is 59.1 Å². The summed E-state index contributed by atoms with van der Waals surface area (Å²) < 4.78 is 9.54. The van der Waals surface area contributed by atoms with Crippen LogP contribution in [0.2, 0.25) is 0 Å². The van der Waals surface area contributed by atoms with Crippen molar-refractivity contribution in [3.8, 4) is 11.3 Å². The molecule has 3 rings (SSSR count). The highest BCUT2D eigenvalue weighted by Crippen LogP contribution is 2.23. The molecule has 284 valence electrons. The Bertz CT molecular complexity index is 1580. The second-order valence-electron chi connectivity index (χ2n) is 14.5. The lowest BCUT2D eigenvalue weighted by atomic mass is 9.85. The smallest absolute Gasteiger partial charge is 0.407 e. The number of aromatic nitrogens is 1. The number of alkyl carbamates (subject to hydrolysis) is 2. The number of ether oxygens (including phenoxy) is 2. The summed E-state index contributed by atoms with van der Waals surface area (Å²) in [7, 11) is 2.44. The Hall–Kier alpha value is -4.72. The van der Waals surface area contributed by atoms with Crippen molar-refractivity contribution in [1.29, 1.82) is 0 Å². The number of aliphatic hydroxyl groups excluding tert-OH is 1. The van der Waals surface area contributed by atoms with Crippen molar-refractivity contribution < 1.29 is 33.8 Å². The molecule has 52 heavy (non-hydrogen) atoms. The predicted octanol–water partition coefficient (Wildman–Crippen LogP) is 4.63. The summed E-state index contributed by atoms with van der Waals surface area (Å²) in [4.78, 5) is 56.3. The second kappa shape index (κ2) is 19.8. The van der Waals surface area contributed by atoms with Crippen molar-refractivity contribution >= 4 is 36.4 Å². The standard InChI is InChI=1S/C38H52N6O7.ClH/c1-37(2,3)31(41-35(48)50-7)33(46)40-29(22-25-14-10-9-11-15-25)30(45)24-44(43-34(47)32(38(4,5)6)42-36(49)51-8)23-26-17-19-27(20-18-26)28-16-12-13-21-39-28;/h9-21,29-32,45H,22-24H2,1-8H3,(H,40,46)(H,41,48)(H,42,49)(H,43,47);1H/t29-,30-,31+,32+;/m0./s1. The van der Waals surface area contributed by atoms with Gasteiger partial charge >= 0.3 is 12.2 Å². The number of aliphatic hydroxyl groups is 1. The van der Waals surface area contributed by atoms with Crippen LogP contribution < -0.4 is 21.4 Å². The van der Waals surface area contributed by atoms with E-state index in [1.807, 2.05) is 93.6 Å². The molecule has 0 saturated heterocycles. The molecule has 0 unspecified atom stereocenters. The fourth-order valence-corrected chi connectivity index (χ4v) is 5.38. The maximum absolute atomic E-state index is 13.8. The van der Waals surface area contributed by atoms with Gasteiger partial charge in [0, 0.05) is 24.8 Å². The lowest BCUT2D eigenvalue weighted by Crippen LogP contribution is -2.60. The third-order valence-electron chi connectivity index (χ3n) is 8.21. The third-order valence-corrected chi connectivity index (χ3v) is 8.21. The maximum atomic E-state index is 13.8. The summed E-state index contributed by atoms with van der Waals surface area (Å²) in [5, 5.41) is 21.6. The van der Waals surface area contributed by atoms with Crippen LogP contribution in [-0.2, 0) is 32.0 Å². The van der Waals surface area contributed by atoms with Gasteiger partial charge in [-0.15, -0.1) is 12.4 Å². The van der Waals surface area contributed by atoms with E-state index in [1.165, 1.54) is 14.2 Å². The van der Waals surface area contributed by atoms with Crippen LogP contribution in [0.3, 0.4) is 0 Å². The van der Waals surface area contributed by atoms with Crippen LogP contribution in [0.5, 0.6) is 0 Å². The van der Waals surface area contributed by atoms with Crippen LogP contribution in [0.25, 0.3) is 11.3 Å². The summed E-state index contributed by atoms with van der Waals surface area (Å²) >= 11 is 0. The van der Waals surface area contributed by atoms with Crippen LogP contribution >= 0.6 is 12.4 Å². The Morgan fingerprint density at radius 3 is 1.77 bits per heavy atom. The van der Waals surface area contributed by atoms with Gasteiger partial charge in [-0.25, -0.2) is 14.6 Å². The van der Waals surface area contributed by atoms with Gasteiger partial charge in [-0.3, -0.25) is 20.0 Å². The van der Waals surface area contributed by atoms with Crippen molar-refractivity contribution in [1.82, 2.24) is 31.4 Å². The molecule has 1 aromatic heterocycles. The minimum atomic E-state index is -1.22. The molecule has 0 bridgehead atoms. The van der Waals surface area contributed by atoms with Crippen molar-refractivity contribution in [2.75, 3.05) is 20.8 Å². The zero-order chi connectivity index (χ0) is 37.8. The largest absolute Gasteiger partial charge is 0.453 e. The van der Waals surface area contributed by atoms with Crippen LogP contribution in [0.15, 0.2) is 79.0 Å². The number of hydrogen-bond acceptors (Lipinski definition) is 9. The molecule has 3 aromatic rings. The predicted molar refractivity (Wildman–Crippen MR) is 201 cm³/mol. The van der Waals surface area contributed by atoms with E-state index in [0.29, 0.717) is 0 Å². The number of hydrazine groups is 1. The molecule has 5 N–H and O–H groups in total. The summed E-state index contributed by atoms with van der Waals surface area (Å²) in [6.45, 7) is 10.9. The molecule has 0 aliphatic heterocycles. The number of halogens is 1. The van der Waals surface area contributed by atoms with E-state index in [1.54, 1.807) is 32.0 Å². The Morgan fingerprint density at radius 2 is 1.27 bits per heavy atom. The molecule has 0 radical (unpaired) electrons. The van der Waals surface area contributed by atoms with E-state index in [-0.39, 0.29) is 31.9 Å². The second-order valence-corrected chi connectivity index (χ2v) is 14.5. The summed E-state index contributed by atoms with van der Waals surface area (Å²) in [6, 6.07) is 19.8. The van der Waals surface area contributed by atoms with E-state index >= 15 is 0 Å². The van der Waals surface area contributed by atoms with Crippen molar-refractivity contribution in [2.45, 2.75) is 78.7 Å². The van der Waals surface area contributed by atoms with Gasteiger partial charge in [-0.05, 0) is 40.5 Å². The number of nitrogens with zero attached hydrogens (tertiary/aromatic N) is 2. The minimum Gasteiger partial charge on any atom is -0.453 e. The van der Waals surface area contributed by atoms with Crippen molar-refractivity contribution in [2.24, 2.45) is 10.8 Å². The summed E-state index contributed by atoms with van der Waals surface area (Å²) in [5.41, 5.74) is 4.88. The highest BCUT2D eigenvalue weighted by Gasteiger charge is 2.37.